The molecule has 1 fully saturated rings. The van der Waals surface area contributed by atoms with E-state index in [4.69, 9.17) is 10.7 Å². The molecule has 1 heterocycles. The van der Waals surface area contributed by atoms with Crippen LogP contribution < -0.4 is 5.73 Å². The van der Waals surface area contributed by atoms with E-state index >= 15 is 0 Å². The van der Waals surface area contributed by atoms with E-state index in [1.165, 1.54) is 23.9 Å². The topological polar surface area (TPSA) is 43.8 Å². The minimum absolute atomic E-state index is 0.0262. The van der Waals surface area contributed by atoms with Gasteiger partial charge in [0.05, 0.1) is 17.1 Å². The van der Waals surface area contributed by atoms with Crippen molar-refractivity contribution >= 4 is 11.0 Å². The highest BCUT2D eigenvalue weighted by molar-refractivity contribution is 5.77. The first kappa shape index (κ1) is 11.7. The fraction of sp³-hybridized carbons (Fsp3) is 0.533. The molecule has 3 nitrogen and oxygen atoms in total. The summed E-state index contributed by atoms with van der Waals surface area (Å²) in [6, 6.07) is 7.15. The number of hydrogen-bond donors (Lipinski definition) is 1. The Morgan fingerprint density at radius 3 is 2.67 bits per heavy atom. The largest absolute Gasteiger partial charge is 0.324 e. The molecule has 1 aliphatic rings. The van der Waals surface area contributed by atoms with Crippen LogP contribution in [0.15, 0.2) is 18.2 Å². The number of nitrogens with two attached hydrogens (primary N) is 1. The van der Waals surface area contributed by atoms with Gasteiger partial charge in [0.2, 0.25) is 0 Å². The summed E-state index contributed by atoms with van der Waals surface area (Å²) in [7, 11) is 0. The van der Waals surface area contributed by atoms with Crippen molar-refractivity contribution in [2.75, 3.05) is 0 Å². The quantitative estimate of drug-likeness (QED) is 0.898. The highest BCUT2D eigenvalue weighted by Gasteiger charge is 2.30. The van der Waals surface area contributed by atoms with Crippen molar-refractivity contribution in [3.8, 4) is 0 Å². The second kappa shape index (κ2) is 4.09. The Kier molecular flexibility index (Phi) is 2.67. The molecule has 96 valence electrons. The molecule has 0 saturated heterocycles. The summed E-state index contributed by atoms with van der Waals surface area (Å²) >= 11 is 0. The lowest BCUT2D eigenvalue weighted by Gasteiger charge is -2.17. The summed E-state index contributed by atoms with van der Waals surface area (Å²) < 4.78 is 2.37. The zero-order valence-corrected chi connectivity index (χ0v) is 11.4. The van der Waals surface area contributed by atoms with Crippen LogP contribution in [0.3, 0.4) is 0 Å². The maximum Gasteiger partial charge on any atom is 0.127 e. The summed E-state index contributed by atoms with van der Waals surface area (Å²) in [5.74, 6) is 1.48. The molecule has 0 aliphatic heterocycles. The van der Waals surface area contributed by atoms with Crippen LogP contribution in [0.25, 0.3) is 11.0 Å². The van der Waals surface area contributed by atoms with E-state index in [-0.39, 0.29) is 6.04 Å². The van der Waals surface area contributed by atoms with E-state index in [1.54, 1.807) is 0 Å². The fourth-order valence-corrected chi connectivity index (χ4v) is 2.48. The maximum absolute atomic E-state index is 6.32. The van der Waals surface area contributed by atoms with Crippen molar-refractivity contribution in [2.24, 2.45) is 11.7 Å². The summed E-state index contributed by atoms with van der Waals surface area (Å²) in [6.07, 6.45) is 2.52. The van der Waals surface area contributed by atoms with Crippen molar-refractivity contribution < 1.29 is 0 Å². The zero-order chi connectivity index (χ0) is 12.9. The number of rotatable bonds is 3. The molecule has 1 atom stereocenters. The molecule has 2 aromatic rings. The predicted octanol–water partition coefficient (Wildman–Crippen LogP) is 3.34. The van der Waals surface area contributed by atoms with E-state index in [0.29, 0.717) is 12.0 Å². The van der Waals surface area contributed by atoms with Gasteiger partial charge < -0.3 is 10.3 Å². The van der Waals surface area contributed by atoms with Gasteiger partial charge in [-0.3, -0.25) is 0 Å². The van der Waals surface area contributed by atoms with Gasteiger partial charge in [-0.25, -0.2) is 4.98 Å². The molecule has 0 spiro atoms. The highest BCUT2D eigenvalue weighted by atomic mass is 15.1. The lowest BCUT2D eigenvalue weighted by atomic mass is 10.1. The summed E-state index contributed by atoms with van der Waals surface area (Å²) in [5.41, 5.74) is 9.92. The molecular formula is C15H21N3. The van der Waals surface area contributed by atoms with Crippen molar-refractivity contribution in [3.05, 3.63) is 29.6 Å². The van der Waals surface area contributed by atoms with Gasteiger partial charge in [0, 0.05) is 6.04 Å². The fourth-order valence-electron chi connectivity index (χ4n) is 2.48. The van der Waals surface area contributed by atoms with Crippen LogP contribution >= 0.6 is 0 Å². The molecule has 1 saturated carbocycles. The van der Waals surface area contributed by atoms with E-state index < -0.39 is 0 Å². The van der Waals surface area contributed by atoms with E-state index in [0.717, 1.165) is 11.3 Å². The van der Waals surface area contributed by atoms with Crippen LogP contribution in [0.1, 0.15) is 50.2 Å². The van der Waals surface area contributed by atoms with Crippen LogP contribution in [-0.2, 0) is 0 Å². The molecule has 1 aromatic heterocycles. The molecule has 2 N–H and O–H groups in total. The first-order chi connectivity index (χ1) is 8.58. The van der Waals surface area contributed by atoms with Gasteiger partial charge in [-0.2, -0.15) is 0 Å². The zero-order valence-electron chi connectivity index (χ0n) is 11.4. The van der Waals surface area contributed by atoms with Crippen molar-refractivity contribution in [3.63, 3.8) is 0 Å². The molecule has 3 heteroatoms. The highest BCUT2D eigenvalue weighted by Crippen LogP contribution is 2.40. The number of hydrogen-bond acceptors (Lipinski definition) is 2. The molecule has 0 amide bonds. The number of nitrogens with zero attached hydrogens (tertiary/aromatic N) is 2. The van der Waals surface area contributed by atoms with Gasteiger partial charge in [0.25, 0.3) is 0 Å². The maximum atomic E-state index is 6.32. The second-order valence-corrected chi connectivity index (χ2v) is 5.83. The third kappa shape index (κ3) is 1.83. The van der Waals surface area contributed by atoms with Gasteiger partial charge >= 0.3 is 0 Å². The van der Waals surface area contributed by atoms with E-state index in [1.807, 2.05) is 0 Å². The number of imidazole rings is 1. The molecule has 1 unspecified atom stereocenters. The normalized spacial score (nSPS) is 17.6. The number of aromatic nitrogens is 2. The van der Waals surface area contributed by atoms with Gasteiger partial charge in [-0.15, -0.1) is 0 Å². The number of benzene rings is 1. The van der Waals surface area contributed by atoms with Crippen molar-refractivity contribution in [1.82, 2.24) is 9.55 Å². The molecule has 18 heavy (non-hydrogen) atoms. The van der Waals surface area contributed by atoms with Gasteiger partial charge in [-0.05, 0) is 43.4 Å². The standard InChI is InChI=1S/C15H21N3/c1-9(2)14(16)15-17-12-8-10(3)4-7-13(12)18(15)11-5-6-11/h4,7-9,11,14H,5-6,16H2,1-3H3. The SMILES string of the molecule is Cc1ccc2c(c1)nc(C(N)C(C)C)n2C1CC1. The van der Waals surface area contributed by atoms with Gasteiger partial charge in [0.15, 0.2) is 0 Å². The van der Waals surface area contributed by atoms with E-state index in [9.17, 15) is 0 Å². The lowest BCUT2D eigenvalue weighted by molar-refractivity contribution is 0.470. The molecule has 1 aromatic carbocycles. The molecular weight excluding hydrogens is 222 g/mol. The van der Waals surface area contributed by atoms with Gasteiger partial charge in [0.1, 0.15) is 5.82 Å². The first-order valence-corrected chi connectivity index (χ1v) is 6.82. The van der Waals surface area contributed by atoms with Crippen LogP contribution in [0.2, 0.25) is 0 Å². The summed E-state index contributed by atoms with van der Waals surface area (Å²) in [6.45, 7) is 6.43. The van der Waals surface area contributed by atoms with E-state index in [2.05, 4.69) is 43.5 Å². The molecule has 1 aliphatic carbocycles. The van der Waals surface area contributed by atoms with Crippen molar-refractivity contribution in [2.45, 2.75) is 45.7 Å². The first-order valence-electron chi connectivity index (χ1n) is 6.82. The Labute approximate surface area is 108 Å². The van der Waals surface area contributed by atoms with Crippen LogP contribution in [-0.4, -0.2) is 9.55 Å². The minimum atomic E-state index is 0.0262. The van der Waals surface area contributed by atoms with Crippen LogP contribution in [0.5, 0.6) is 0 Å². The molecule has 3 rings (SSSR count). The Balaban J connectivity index is 2.20. The number of fused-ring (bicyclic) bond motifs is 1. The smallest absolute Gasteiger partial charge is 0.127 e. The molecule has 0 bridgehead atoms. The Morgan fingerprint density at radius 2 is 2.06 bits per heavy atom. The Morgan fingerprint density at radius 1 is 1.33 bits per heavy atom. The Hall–Kier alpha value is -1.35. The summed E-state index contributed by atoms with van der Waals surface area (Å²) in [5, 5.41) is 0. The Bertz CT molecular complexity index is 579. The minimum Gasteiger partial charge on any atom is -0.324 e. The average Bonchev–Trinajstić information content (AvgIpc) is 3.09. The molecule has 0 radical (unpaired) electrons. The number of aryl methyl sites for hydroxylation is 1. The van der Waals surface area contributed by atoms with Crippen LogP contribution in [0.4, 0.5) is 0 Å². The second-order valence-electron chi connectivity index (χ2n) is 5.83. The summed E-state index contributed by atoms with van der Waals surface area (Å²) in [4.78, 5) is 4.79. The van der Waals surface area contributed by atoms with Crippen molar-refractivity contribution in [1.29, 1.82) is 0 Å². The van der Waals surface area contributed by atoms with Crippen LogP contribution in [0, 0.1) is 12.8 Å². The third-order valence-electron chi connectivity index (χ3n) is 3.80. The van der Waals surface area contributed by atoms with Gasteiger partial charge in [-0.1, -0.05) is 19.9 Å². The average molecular weight is 243 g/mol. The lowest BCUT2D eigenvalue weighted by Crippen LogP contribution is -2.21. The monoisotopic (exact) mass is 243 g/mol. The predicted molar refractivity (Wildman–Crippen MR) is 74.5 cm³/mol. The third-order valence-corrected chi connectivity index (χ3v) is 3.80.